The summed E-state index contributed by atoms with van der Waals surface area (Å²) in [7, 11) is 1.96. The van der Waals surface area contributed by atoms with Crippen LogP contribution in [0.15, 0.2) is 48.2 Å². The maximum Gasteiger partial charge on any atom is 0.282 e. The third-order valence-corrected chi connectivity index (χ3v) is 5.17. The highest BCUT2D eigenvalue weighted by molar-refractivity contribution is 6.45. The second-order valence-electron chi connectivity index (χ2n) is 7.06. The van der Waals surface area contributed by atoms with Gasteiger partial charge < -0.3 is 9.80 Å². The van der Waals surface area contributed by atoms with E-state index < -0.39 is 29.3 Å². The van der Waals surface area contributed by atoms with Gasteiger partial charge in [-0.3, -0.25) is 9.59 Å². The quantitative estimate of drug-likeness (QED) is 0.742. The number of piperazine rings is 1. The number of carbonyl (C=O) groups excluding carboxylic acids is 2. The number of nitrogens with zero attached hydrogens (tertiary/aromatic N) is 3. The minimum absolute atomic E-state index is 0.0531. The molecule has 0 aromatic heterocycles. The molecule has 150 valence electrons. The lowest BCUT2D eigenvalue weighted by Gasteiger charge is -2.34. The van der Waals surface area contributed by atoms with E-state index in [2.05, 4.69) is 4.90 Å². The molecule has 1 fully saturated rings. The highest BCUT2D eigenvalue weighted by Crippen LogP contribution is 2.35. The number of amides is 2. The Morgan fingerprint density at radius 2 is 1.45 bits per heavy atom. The summed E-state index contributed by atoms with van der Waals surface area (Å²) >= 11 is 0. The zero-order valence-corrected chi connectivity index (χ0v) is 15.7. The summed E-state index contributed by atoms with van der Waals surface area (Å²) < 4.78 is 40.5. The molecule has 5 nitrogen and oxygen atoms in total. The fraction of sp³-hybridized carbons (Fsp3) is 0.238. The van der Waals surface area contributed by atoms with Gasteiger partial charge in [0.25, 0.3) is 11.8 Å². The maximum absolute atomic E-state index is 13.8. The first kappa shape index (κ1) is 19.2. The number of imide groups is 1. The normalized spacial score (nSPS) is 18.2. The molecule has 0 radical (unpaired) electrons. The van der Waals surface area contributed by atoms with Crippen molar-refractivity contribution in [3.63, 3.8) is 0 Å². The molecule has 0 unspecified atom stereocenters. The lowest BCUT2D eigenvalue weighted by molar-refractivity contribution is -0.120. The van der Waals surface area contributed by atoms with Crippen LogP contribution >= 0.6 is 0 Å². The maximum atomic E-state index is 13.8. The molecule has 0 N–H and O–H groups in total. The Morgan fingerprint density at radius 3 is 2.07 bits per heavy atom. The van der Waals surface area contributed by atoms with E-state index >= 15 is 0 Å². The largest absolute Gasteiger partial charge is 0.364 e. The van der Waals surface area contributed by atoms with Gasteiger partial charge in [-0.1, -0.05) is 12.1 Å². The molecule has 2 aliphatic heterocycles. The van der Waals surface area contributed by atoms with E-state index in [0.29, 0.717) is 31.7 Å². The smallest absolute Gasteiger partial charge is 0.282 e. The van der Waals surface area contributed by atoms with Crippen molar-refractivity contribution in [1.29, 1.82) is 0 Å². The Labute approximate surface area is 165 Å². The van der Waals surface area contributed by atoms with Crippen molar-refractivity contribution in [3.05, 3.63) is 71.2 Å². The summed E-state index contributed by atoms with van der Waals surface area (Å²) in [4.78, 5) is 31.2. The van der Waals surface area contributed by atoms with Gasteiger partial charge >= 0.3 is 0 Å². The topological polar surface area (TPSA) is 43.9 Å². The first-order valence-corrected chi connectivity index (χ1v) is 9.14. The first-order chi connectivity index (χ1) is 13.9. The average Bonchev–Trinajstić information content (AvgIpc) is 2.96. The van der Waals surface area contributed by atoms with Gasteiger partial charge in [0.15, 0.2) is 11.6 Å². The fourth-order valence-corrected chi connectivity index (χ4v) is 3.58. The predicted octanol–water partition coefficient (Wildman–Crippen LogP) is 2.64. The summed E-state index contributed by atoms with van der Waals surface area (Å²) in [5.41, 5.74) is 0.662. The summed E-state index contributed by atoms with van der Waals surface area (Å²) in [6, 6.07) is 8.16. The van der Waals surface area contributed by atoms with Crippen molar-refractivity contribution >= 4 is 23.1 Å². The molecule has 2 aliphatic rings. The number of likely N-dealkylation sites (N-methyl/N-ethyl adjacent to an activating group) is 1. The molecule has 29 heavy (non-hydrogen) atoms. The van der Waals surface area contributed by atoms with Crippen LogP contribution in [0.25, 0.3) is 5.57 Å². The van der Waals surface area contributed by atoms with Gasteiger partial charge in [0.1, 0.15) is 11.5 Å². The van der Waals surface area contributed by atoms with E-state index in [-0.39, 0.29) is 17.0 Å². The van der Waals surface area contributed by atoms with Gasteiger partial charge in [-0.05, 0) is 36.9 Å². The standard InChI is InChI=1S/C21H18F3N3O2/c1-25-8-10-26(11-9-25)19-18(13-2-4-14(22)5-3-13)20(28)27(21(19)29)15-6-7-16(23)17(24)12-15/h2-7,12H,8-11H2,1H3. The van der Waals surface area contributed by atoms with Crippen molar-refractivity contribution in [1.82, 2.24) is 9.80 Å². The predicted molar refractivity (Wildman–Crippen MR) is 101 cm³/mol. The molecule has 8 heteroatoms. The number of rotatable bonds is 3. The van der Waals surface area contributed by atoms with Crippen LogP contribution < -0.4 is 4.90 Å². The Bertz CT molecular complexity index is 1010. The van der Waals surface area contributed by atoms with Crippen molar-refractivity contribution < 1.29 is 22.8 Å². The second kappa shape index (κ2) is 7.36. The molecule has 4 rings (SSSR count). The number of anilines is 1. The van der Waals surface area contributed by atoms with Gasteiger partial charge in [-0.2, -0.15) is 0 Å². The Morgan fingerprint density at radius 1 is 0.793 bits per heavy atom. The Balaban J connectivity index is 1.81. The molecule has 2 aromatic rings. The van der Waals surface area contributed by atoms with Crippen molar-refractivity contribution in [2.75, 3.05) is 38.1 Å². The monoisotopic (exact) mass is 401 g/mol. The molecule has 2 aromatic carbocycles. The number of halogens is 3. The summed E-state index contributed by atoms with van der Waals surface area (Å²) in [6.07, 6.45) is 0. The minimum Gasteiger partial charge on any atom is -0.364 e. The van der Waals surface area contributed by atoms with Crippen LogP contribution in [0.3, 0.4) is 0 Å². The number of carbonyl (C=O) groups is 2. The molecule has 2 amide bonds. The third kappa shape index (κ3) is 3.40. The van der Waals surface area contributed by atoms with Crippen LogP contribution in [0, 0.1) is 17.5 Å². The minimum atomic E-state index is -1.15. The molecule has 1 saturated heterocycles. The van der Waals surface area contributed by atoms with Gasteiger partial charge in [0.05, 0.1) is 11.3 Å². The Hall–Kier alpha value is -3.13. The summed E-state index contributed by atoms with van der Waals surface area (Å²) in [6.45, 7) is 2.46. The molecule has 0 spiro atoms. The van der Waals surface area contributed by atoms with Crippen molar-refractivity contribution in [2.24, 2.45) is 0 Å². The molecular weight excluding hydrogens is 383 g/mol. The summed E-state index contributed by atoms with van der Waals surface area (Å²) in [5, 5.41) is 0. The molecular formula is C21H18F3N3O2. The lowest BCUT2D eigenvalue weighted by Crippen LogP contribution is -2.46. The number of benzene rings is 2. The fourth-order valence-electron chi connectivity index (χ4n) is 3.58. The first-order valence-electron chi connectivity index (χ1n) is 9.14. The van der Waals surface area contributed by atoms with E-state index in [1.165, 1.54) is 30.3 Å². The molecule has 0 aliphatic carbocycles. The van der Waals surface area contributed by atoms with Crippen LogP contribution in [0.1, 0.15) is 5.56 Å². The zero-order chi connectivity index (χ0) is 20.7. The van der Waals surface area contributed by atoms with E-state index in [1.807, 2.05) is 11.9 Å². The molecule has 2 heterocycles. The molecule has 0 atom stereocenters. The average molecular weight is 401 g/mol. The molecule has 0 saturated carbocycles. The van der Waals surface area contributed by atoms with Gasteiger partial charge in [-0.15, -0.1) is 0 Å². The summed E-state index contributed by atoms with van der Waals surface area (Å²) in [5.74, 6) is -3.95. The Kier molecular flexibility index (Phi) is 4.87. The van der Waals surface area contributed by atoms with E-state index in [0.717, 1.165) is 17.0 Å². The highest BCUT2D eigenvalue weighted by atomic mass is 19.2. The second-order valence-corrected chi connectivity index (χ2v) is 7.06. The van der Waals surface area contributed by atoms with E-state index in [4.69, 9.17) is 0 Å². The van der Waals surface area contributed by atoms with Crippen LogP contribution in [0.2, 0.25) is 0 Å². The van der Waals surface area contributed by atoms with Crippen molar-refractivity contribution in [2.45, 2.75) is 0 Å². The van der Waals surface area contributed by atoms with E-state index in [1.54, 1.807) is 0 Å². The van der Waals surface area contributed by atoms with E-state index in [9.17, 15) is 22.8 Å². The number of hydrogen-bond donors (Lipinski definition) is 0. The molecule has 0 bridgehead atoms. The van der Waals surface area contributed by atoms with Gasteiger partial charge in [-0.25, -0.2) is 18.1 Å². The van der Waals surface area contributed by atoms with Crippen LogP contribution in [0.4, 0.5) is 18.9 Å². The SMILES string of the molecule is CN1CCN(C2=C(c3ccc(F)cc3)C(=O)N(c3ccc(F)c(F)c3)C2=O)CC1. The number of hydrogen-bond acceptors (Lipinski definition) is 4. The lowest BCUT2D eigenvalue weighted by atomic mass is 10.0. The van der Waals surface area contributed by atoms with Gasteiger partial charge in [0.2, 0.25) is 0 Å². The third-order valence-electron chi connectivity index (χ3n) is 5.17. The zero-order valence-electron chi connectivity index (χ0n) is 15.7. The van der Waals surface area contributed by atoms with Crippen LogP contribution in [0.5, 0.6) is 0 Å². The van der Waals surface area contributed by atoms with Crippen LogP contribution in [-0.2, 0) is 9.59 Å². The van der Waals surface area contributed by atoms with Gasteiger partial charge in [0, 0.05) is 32.2 Å². The highest BCUT2D eigenvalue weighted by Gasteiger charge is 2.43. The van der Waals surface area contributed by atoms with Crippen molar-refractivity contribution in [3.8, 4) is 0 Å². The van der Waals surface area contributed by atoms with Crippen LogP contribution in [-0.4, -0.2) is 54.8 Å².